The van der Waals surface area contributed by atoms with Crippen molar-refractivity contribution < 1.29 is 9.53 Å². The SMILES string of the molecule is CC1OCCC1N(C)C(=O)c1cc(N)c2ccccc2n1. The van der Waals surface area contributed by atoms with Crippen LogP contribution in [0.1, 0.15) is 23.8 Å². The minimum atomic E-state index is -0.116. The summed E-state index contributed by atoms with van der Waals surface area (Å²) in [5, 5.41) is 0.870. The normalized spacial score (nSPS) is 21.6. The second-order valence-corrected chi connectivity index (χ2v) is 5.46. The van der Waals surface area contributed by atoms with Crippen molar-refractivity contribution in [1.29, 1.82) is 0 Å². The number of aromatic nitrogens is 1. The first-order chi connectivity index (χ1) is 10.1. The molecule has 0 saturated carbocycles. The van der Waals surface area contributed by atoms with E-state index in [1.165, 1.54) is 0 Å². The summed E-state index contributed by atoms with van der Waals surface area (Å²) >= 11 is 0. The number of anilines is 1. The van der Waals surface area contributed by atoms with Crippen molar-refractivity contribution >= 4 is 22.5 Å². The number of likely N-dealkylation sites (N-methyl/N-ethyl adjacent to an activating group) is 1. The summed E-state index contributed by atoms with van der Waals surface area (Å²) in [6.07, 6.45) is 0.906. The molecule has 0 radical (unpaired) electrons. The van der Waals surface area contributed by atoms with Gasteiger partial charge < -0.3 is 15.4 Å². The third-order valence-corrected chi connectivity index (χ3v) is 4.12. The van der Waals surface area contributed by atoms with Crippen molar-refractivity contribution in [1.82, 2.24) is 9.88 Å². The number of benzene rings is 1. The molecule has 1 fully saturated rings. The first-order valence-corrected chi connectivity index (χ1v) is 7.12. The van der Waals surface area contributed by atoms with E-state index >= 15 is 0 Å². The molecule has 1 saturated heterocycles. The highest BCUT2D eigenvalue weighted by Gasteiger charge is 2.31. The Bertz CT molecular complexity index is 686. The van der Waals surface area contributed by atoms with Gasteiger partial charge in [0.15, 0.2) is 0 Å². The summed E-state index contributed by atoms with van der Waals surface area (Å²) in [5.74, 6) is -0.116. The largest absolute Gasteiger partial charge is 0.398 e. The first kappa shape index (κ1) is 13.8. The topological polar surface area (TPSA) is 68.5 Å². The molecular weight excluding hydrogens is 266 g/mol. The van der Waals surface area contributed by atoms with E-state index in [1.807, 2.05) is 31.2 Å². The quantitative estimate of drug-likeness (QED) is 0.917. The van der Waals surface area contributed by atoms with Crippen LogP contribution in [0.3, 0.4) is 0 Å². The lowest BCUT2D eigenvalue weighted by molar-refractivity contribution is 0.0570. The van der Waals surface area contributed by atoms with Gasteiger partial charge in [0.1, 0.15) is 5.69 Å². The van der Waals surface area contributed by atoms with Crippen molar-refractivity contribution in [2.45, 2.75) is 25.5 Å². The zero-order valence-electron chi connectivity index (χ0n) is 12.2. The lowest BCUT2D eigenvalue weighted by Crippen LogP contribution is -2.41. The molecule has 2 atom stereocenters. The predicted molar refractivity (Wildman–Crippen MR) is 82.1 cm³/mol. The van der Waals surface area contributed by atoms with Crippen molar-refractivity contribution in [2.75, 3.05) is 19.4 Å². The summed E-state index contributed by atoms with van der Waals surface area (Å²) < 4.78 is 5.53. The number of nitrogen functional groups attached to an aromatic ring is 1. The van der Waals surface area contributed by atoms with Gasteiger partial charge in [0.25, 0.3) is 5.91 Å². The number of carbonyl (C=O) groups is 1. The number of hydrogen-bond donors (Lipinski definition) is 1. The Balaban J connectivity index is 1.94. The van der Waals surface area contributed by atoms with E-state index in [9.17, 15) is 4.79 Å². The fourth-order valence-electron chi connectivity index (χ4n) is 2.87. The monoisotopic (exact) mass is 285 g/mol. The number of carbonyl (C=O) groups excluding carboxylic acids is 1. The summed E-state index contributed by atoms with van der Waals surface area (Å²) in [7, 11) is 1.80. The third-order valence-electron chi connectivity index (χ3n) is 4.12. The highest BCUT2D eigenvalue weighted by Crippen LogP contribution is 2.23. The second kappa shape index (κ2) is 5.33. The number of rotatable bonds is 2. The van der Waals surface area contributed by atoms with Gasteiger partial charge in [-0.2, -0.15) is 0 Å². The Morgan fingerprint density at radius 3 is 2.90 bits per heavy atom. The fourth-order valence-corrected chi connectivity index (χ4v) is 2.87. The maximum atomic E-state index is 12.6. The number of para-hydroxylation sites is 1. The molecule has 0 bridgehead atoms. The zero-order chi connectivity index (χ0) is 15.0. The molecule has 2 aromatic rings. The summed E-state index contributed by atoms with van der Waals surface area (Å²) in [4.78, 5) is 18.8. The van der Waals surface area contributed by atoms with Crippen LogP contribution in [-0.4, -0.2) is 41.6 Å². The van der Waals surface area contributed by atoms with Crippen LogP contribution < -0.4 is 5.73 Å². The van der Waals surface area contributed by atoms with E-state index in [0.717, 1.165) is 17.3 Å². The second-order valence-electron chi connectivity index (χ2n) is 5.46. The first-order valence-electron chi connectivity index (χ1n) is 7.12. The van der Waals surface area contributed by atoms with Crippen molar-refractivity contribution in [3.05, 3.63) is 36.0 Å². The van der Waals surface area contributed by atoms with Gasteiger partial charge >= 0.3 is 0 Å². The Morgan fingerprint density at radius 2 is 2.19 bits per heavy atom. The number of nitrogens with zero attached hydrogens (tertiary/aromatic N) is 2. The van der Waals surface area contributed by atoms with E-state index in [-0.39, 0.29) is 18.1 Å². The maximum Gasteiger partial charge on any atom is 0.272 e. The molecule has 5 heteroatoms. The lowest BCUT2D eigenvalue weighted by atomic mass is 10.1. The van der Waals surface area contributed by atoms with E-state index in [2.05, 4.69) is 4.98 Å². The number of nitrogens with two attached hydrogens (primary N) is 1. The molecule has 2 unspecified atom stereocenters. The lowest BCUT2D eigenvalue weighted by Gasteiger charge is -2.26. The fraction of sp³-hybridized carbons (Fsp3) is 0.375. The Labute approximate surface area is 123 Å². The summed E-state index contributed by atoms with van der Waals surface area (Å²) in [6, 6.07) is 9.31. The number of pyridine rings is 1. The van der Waals surface area contributed by atoms with Crippen LogP contribution in [0.5, 0.6) is 0 Å². The molecule has 1 aromatic heterocycles. The maximum absolute atomic E-state index is 12.6. The average molecular weight is 285 g/mol. The average Bonchev–Trinajstić information content (AvgIpc) is 2.92. The van der Waals surface area contributed by atoms with E-state index in [1.54, 1.807) is 18.0 Å². The minimum Gasteiger partial charge on any atom is -0.398 e. The van der Waals surface area contributed by atoms with Crippen LogP contribution in [0, 0.1) is 0 Å². The highest BCUT2D eigenvalue weighted by atomic mass is 16.5. The molecule has 0 spiro atoms. The Hall–Kier alpha value is -2.14. The van der Waals surface area contributed by atoms with Gasteiger partial charge in [-0.3, -0.25) is 4.79 Å². The van der Waals surface area contributed by atoms with Gasteiger partial charge in [0.2, 0.25) is 0 Å². The molecule has 1 amide bonds. The van der Waals surface area contributed by atoms with E-state index in [0.29, 0.717) is 18.0 Å². The summed E-state index contributed by atoms with van der Waals surface area (Å²) in [5.41, 5.74) is 7.74. The van der Waals surface area contributed by atoms with Crippen molar-refractivity contribution in [2.24, 2.45) is 0 Å². The van der Waals surface area contributed by atoms with Gasteiger partial charge in [0.05, 0.1) is 17.7 Å². The van der Waals surface area contributed by atoms with Crippen molar-refractivity contribution in [3.8, 4) is 0 Å². The molecule has 2 N–H and O–H groups in total. The molecular formula is C16H19N3O2. The number of hydrogen-bond acceptors (Lipinski definition) is 4. The molecule has 110 valence electrons. The molecule has 0 aliphatic carbocycles. The van der Waals surface area contributed by atoms with Crippen LogP contribution >= 0.6 is 0 Å². The molecule has 1 aliphatic rings. The number of fused-ring (bicyclic) bond motifs is 1. The molecule has 5 nitrogen and oxygen atoms in total. The Morgan fingerprint density at radius 1 is 1.43 bits per heavy atom. The number of amides is 1. The smallest absolute Gasteiger partial charge is 0.272 e. The molecule has 1 aliphatic heterocycles. The van der Waals surface area contributed by atoms with E-state index in [4.69, 9.17) is 10.5 Å². The van der Waals surface area contributed by atoms with Gasteiger partial charge in [-0.1, -0.05) is 18.2 Å². The minimum absolute atomic E-state index is 0.0525. The van der Waals surface area contributed by atoms with Crippen LogP contribution in [-0.2, 0) is 4.74 Å². The molecule has 21 heavy (non-hydrogen) atoms. The van der Waals surface area contributed by atoms with Gasteiger partial charge in [-0.15, -0.1) is 0 Å². The van der Waals surface area contributed by atoms with E-state index < -0.39 is 0 Å². The zero-order valence-corrected chi connectivity index (χ0v) is 12.2. The van der Waals surface area contributed by atoms with Crippen molar-refractivity contribution in [3.63, 3.8) is 0 Å². The standard InChI is InChI=1S/C16H19N3O2/c1-10-15(7-8-21-10)19(2)16(20)14-9-12(17)11-5-3-4-6-13(11)18-14/h3-6,9-10,15H,7-8H2,1-2H3,(H2,17,18). The van der Waals surface area contributed by atoms with Crippen LogP contribution in [0.25, 0.3) is 10.9 Å². The Kier molecular flexibility index (Phi) is 3.51. The van der Waals surface area contributed by atoms with Gasteiger partial charge in [-0.05, 0) is 25.5 Å². The third kappa shape index (κ3) is 2.45. The van der Waals surface area contributed by atoms with Gasteiger partial charge in [0, 0.05) is 24.7 Å². The van der Waals surface area contributed by atoms with Crippen LogP contribution in [0.2, 0.25) is 0 Å². The predicted octanol–water partition coefficient (Wildman–Crippen LogP) is 2.07. The van der Waals surface area contributed by atoms with Crippen LogP contribution in [0.15, 0.2) is 30.3 Å². The molecule has 3 rings (SSSR count). The van der Waals surface area contributed by atoms with Crippen LogP contribution in [0.4, 0.5) is 5.69 Å². The molecule has 1 aromatic carbocycles. The highest BCUT2D eigenvalue weighted by molar-refractivity contribution is 5.99. The molecule has 2 heterocycles. The number of ether oxygens (including phenoxy) is 1. The van der Waals surface area contributed by atoms with Gasteiger partial charge in [-0.25, -0.2) is 4.98 Å². The summed E-state index contributed by atoms with van der Waals surface area (Å²) in [6.45, 7) is 2.68.